The zero-order valence-corrected chi connectivity index (χ0v) is 13.4. The number of anilines is 1. The highest BCUT2D eigenvalue weighted by atomic mass is 16.2. The third-order valence-corrected chi connectivity index (χ3v) is 4.04. The second kappa shape index (κ2) is 8.06. The lowest BCUT2D eigenvalue weighted by molar-refractivity contribution is -0.117. The van der Waals surface area contributed by atoms with E-state index >= 15 is 0 Å². The van der Waals surface area contributed by atoms with Crippen molar-refractivity contribution in [3.8, 4) is 0 Å². The minimum Gasteiger partial charge on any atom is -0.324 e. The van der Waals surface area contributed by atoms with Crippen molar-refractivity contribution in [3.63, 3.8) is 0 Å². The summed E-state index contributed by atoms with van der Waals surface area (Å²) in [7, 11) is 1.96. The van der Waals surface area contributed by atoms with Gasteiger partial charge in [0.25, 0.3) is 0 Å². The van der Waals surface area contributed by atoms with Crippen LogP contribution in [0.15, 0.2) is 24.3 Å². The van der Waals surface area contributed by atoms with Crippen LogP contribution in [0.5, 0.6) is 0 Å². The number of piperidine rings is 1. The fraction of sp³-hybridized carbons (Fsp3) is 0.529. The fourth-order valence-corrected chi connectivity index (χ4v) is 3.04. The Morgan fingerprint density at radius 3 is 2.82 bits per heavy atom. The van der Waals surface area contributed by atoms with E-state index in [1.165, 1.54) is 13.3 Å². The van der Waals surface area contributed by atoms with Crippen LogP contribution in [-0.4, -0.2) is 49.8 Å². The van der Waals surface area contributed by atoms with Crippen LogP contribution >= 0.6 is 0 Å². The molecule has 0 aliphatic carbocycles. The topological polar surface area (TPSA) is 61.4 Å². The van der Waals surface area contributed by atoms with Gasteiger partial charge in [0.05, 0.1) is 12.2 Å². The Hall–Kier alpha value is -1.72. The molecule has 2 rings (SSSR count). The van der Waals surface area contributed by atoms with Gasteiger partial charge in [-0.2, -0.15) is 0 Å². The fourth-order valence-electron chi connectivity index (χ4n) is 3.04. The number of Topliss-reactive ketones (excluding diaryl/α,β-unsaturated/α-hetero) is 1. The number of hydrogen-bond donors (Lipinski definition) is 2. The van der Waals surface area contributed by atoms with Crippen LogP contribution in [0.3, 0.4) is 0 Å². The number of nitrogens with one attached hydrogen (secondary N) is 2. The normalized spacial score (nSPS) is 18.9. The van der Waals surface area contributed by atoms with Gasteiger partial charge in [-0.05, 0) is 58.0 Å². The quantitative estimate of drug-likeness (QED) is 0.786. The Labute approximate surface area is 132 Å². The molecule has 0 radical (unpaired) electrons. The summed E-state index contributed by atoms with van der Waals surface area (Å²) in [6, 6.07) is 7.14. The SMILES string of the molecule is CNCC1CCCN(CC(=O)Nc2ccccc2C(C)=O)C1. The molecule has 22 heavy (non-hydrogen) atoms. The summed E-state index contributed by atoms with van der Waals surface area (Å²) in [5, 5.41) is 6.08. The number of likely N-dealkylation sites (tertiary alicyclic amines) is 1. The van der Waals surface area contributed by atoms with Crippen LogP contribution in [0.2, 0.25) is 0 Å². The maximum atomic E-state index is 12.2. The van der Waals surface area contributed by atoms with Crippen LogP contribution in [0.25, 0.3) is 0 Å². The molecule has 1 atom stereocenters. The predicted octanol–water partition coefficient (Wildman–Crippen LogP) is 1.76. The van der Waals surface area contributed by atoms with E-state index in [1.54, 1.807) is 18.2 Å². The number of carbonyl (C=O) groups is 2. The molecule has 1 aliphatic heterocycles. The number of para-hydroxylation sites is 1. The highest BCUT2D eigenvalue weighted by molar-refractivity contribution is 6.04. The molecule has 1 amide bonds. The number of carbonyl (C=O) groups excluding carboxylic acids is 2. The lowest BCUT2D eigenvalue weighted by Gasteiger charge is -2.32. The van der Waals surface area contributed by atoms with Gasteiger partial charge in [0.1, 0.15) is 0 Å². The van der Waals surface area contributed by atoms with Crippen molar-refractivity contribution in [2.24, 2.45) is 5.92 Å². The van der Waals surface area contributed by atoms with Crippen LogP contribution in [0.4, 0.5) is 5.69 Å². The summed E-state index contributed by atoms with van der Waals surface area (Å²) in [4.78, 5) is 26.0. The van der Waals surface area contributed by atoms with Crippen molar-refractivity contribution in [1.82, 2.24) is 10.2 Å². The van der Waals surface area contributed by atoms with Crippen molar-refractivity contribution >= 4 is 17.4 Å². The number of amides is 1. The molecule has 1 unspecified atom stereocenters. The first-order chi connectivity index (χ1) is 10.6. The van der Waals surface area contributed by atoms with Crippen molar-refractivity contribution < 1.29 is 9.59 Å². The molecule has 0 bridgehead atoms. The van der Waals surface area contributed by atoms with Gasteiger partial charge >= 0.3 is 0 Å². The third-order valence-electron chi connectivity index (χ3n) is 4.04. The molecule has 1 heterocycles. The van der Waals surface area contributed by atoms with E-state index in [0.29, 0.717) is 23.7 Å². The van der Waals surface area contributed by atoms with Gasteiger partial charge in [-0.15, -0.1) is 0 Å². The Kier molecular flexibility index (Phi) is 6.10. The Balaban J connectivity index is 1.92. The Bertz CT molecular complexity index is 528. The summed E-state index contributed by atoms with van der Waals surface area (Å²) >= 11 is 0. The first kappa shape index (κ1) is 16.6. The summed E-state index contributed by atoms with van der Waals surface area (Å²) in [5.74, 6) is 0.512. The lowest BCUT2D eigenvalue weighted by atomic mass is 9.98. The summed E-state index contributed by atoms with van der Waals surface area (Å²) < 4.78 is 0. The van der Waals surface area contributed by atoms with Gasteiger partial charge in [-0.3, -0.25) is 14.5 Å². The Morgan fingerprint density at radius 2 is 2.09 bits per heavy atom. The van der Waals surface area contributed by atoms with Gasteiger partial charge in [0.15, 0.2) is 5.78 Å². The summed E-state index contributed by atoms with van der Waals surface area (Å²) in [6.45, 7) is 4.79. The molecule has 5 nitrogen and oxygen atoms in total. The largest absolute Gasteiger partial charge is 0.324 e. The number of ketones is 1. The minimum absolute atomic E-state index is 0.0389. The van der Waals surface area contributed by atoms with E-state index in [2.05, 4.69) is 15.5 Å². The lowest BCUT2D eigenvalue weighted by Crippen LogP contribution is -2.42. The molecule has 1 fully saturated rings. The van der Waals surface area contributed by atoms with Gasteiger partial charge in [-0.1, -0.05) is 12.1 Å². The molecule has 0 spiro atoms. The minimum atomic E-state index is -0.0567. The van der Waals surface area contributed by atoms with Gasteiger partial charge in [0.2, 0.25) is 5.91 Å². The molecular formula is C17H25N3O2. The number of benzene rings is 1. The van der Waals surface area contributed by atoms with Crippen molar-refractivity contribution in [2.75, 3.05) is 38.5 Å². The molecule has 1 aromatic rings. The number of hydrogen-bond acceptors (Lipinski definition) is 4. The zero-order chi connectivity index (χ0) is 15.9. The van der Waals surface area contributed by atoms with Gasteiger partial charge < -0.3 is 10.6 Å². The van der Waals surface area contributed by atoms with E-state index in [-0.39, 0.29) is 11.7 Å². The maximum absolute atomic E-state index is 12.2. The first-order valence-corrected chi connectivity index (χ1v) is 7.87. The highest BCUT2D eigenvalue weighted by Gasteiger charge is 2.21. The summed E-state index contributed by atoms with van der Waals surface area (Å²) in [6.07, 6.45) is 2.34. The monoisotopic (exact) mass is 303 g/mol. The zero-order valence-electron chi connectivity index (χ0n) is 13.4. The highest BCUT2D eigenvalue weighted by Crippen LogP contribution is 2.17. The van der Waals surface area contributed by atoms with Crippen molar-refractivity contribution in [3.05, 3.63) is 29.8 Å². The molecular weight excluding hydrogens is 278 g/mol. The molecule has 0 saturated carbocycles. The van der Waals surface area contributed by atoms with E-state index in [9.17, 15) is 9.59 Å². The van der Waals surface area contributed by atoms with Crippen LogP contribution in [0.1, 0.15) is 30.1 Å². The smallest absolute Gasteiger partial charge is 0.238 e. The molecule has 1 aromatic carbocycles. The average molecular weight is 303 g/mol. The molecule has 2 N–H and O–H groups in total. The maximum Gasteiger partial charge on any atom is 0.238 e. The van der Waals surface area contributed by atoms with Crippen LogP contribution in [-0.2, 0) is 4.79 Å². The van der Waals surface area contributed by atoms with E-state index in [1.807, 2.05) is 13.1 Å². The predicted molar refractivity (Wildman–Crippen MR) is 88.2 cm³/mol. The molecule has 120 valence electrons. The van der Waals surface area contributed by atoms with E-state index in [4.69, 9.17) is 0 Å². The van der Waals surface area contributed by atoms with Crippen molar-refractivity contribution in [1.29, 1.82) is 0 Å². The van der Waals surface area contributed by atoms with E-state index in [0.717, 1.165) is 26.1 Å². The second-order valence-electron chi connectivity index (χ2n) is 5.95. The average Bonchev–Trinajstić information content (AvgIpc) is 2.48. The second-order valence-corrected chi connectivity index (χ2v) is 5.95. The molecule has 1 saturated heterocycles. The van der Waals surface area contributed by atoms with Gasteiger partial charge in [-0.25, -0.2) is 0 Å². The van der Waals surface area contributed by atoms with E-state index < -0.39 is 0 Å². The van der Waals surface area contributed by atoms with Gasteiger partial charge in [0, 0.05) is 12.1 Å². The molecule has 0 aromatic heterocycles. The van der Waals surface area contributed by atoms with Crippen LogP contribution < -0.4 is 10.6 Å². The summed E-state index contributed by atoms with van der Waals surface area (Å²) in [5.41, 5.74) is 1.16. The molecule has 5 heteroatoms. The molecule has 1 aliphatic rings. The van der Waals surface area contributed by atoms with Crippen molar-refractivity contribution in [2.45, 2.75) is 19.8 Å². The third kappa shape index (κ3) is 4.64. The first-order valence-electron chi connectivity index (χ1n) is 7.87. The standard InChI is InChI=1S/C17H25N3O2/c1-13(21)15-7-3-4-8-16(15)19-17(22)12-20-9-5-6-14(11-20)10-18-2/h3-4,7-8,14,18H,5-6,9-12H2,1-2H3,(H,19,22). The number of nitrogens with zero attached hydrogens (tertiary/aromatic N) is 1. The van der Waals surface area contributed by atoms with Crippen LogP contribution in [0, 0.1) is 5.92 Å². The Morgan fingerprint density at radius 1 is 1.32 bits per heavy atom. The number of rotatable bonds is 6.